The smallest absolute Gasteiger partial charge is 0.322 e. The highest BCUT2D eigenvalue weighted by Crippen LogP contribution is 2.18. The molecule has 2 rings (SSSR count). The van der Waals surface area contributed by atoms with Crippen LogP contribution in [0.25, 0.3) is 0 Å². The fourth-order valence-corrected chi connectivity index (χ4v) is 2.15. The monoisotopic (exact) mass is 332 g/mol. The molecule has 8 heteroatoms. The maximum absolute atomic E-state index is 12.8. The first-order chi connectivity index (χ1) is 11.5. The first-order valence-corrected chi connectivity index (χ1v) is 7.70. The van der Waals surface area contributed by atoms with Gasteiger partial charge >= 0.3 is 5.97 Å². The lowest BCUT2D eigenvalue weighted by Crippen LogP contribution is -2.31. The third kappa shape index (κ3) is 4.31. The number of rotatable bonds is 8. The van der Waals surface area contributed by atoms with Crippen LogP contribution < -0.4 is 5.32 Å². The van der Waals surface area contributed by atoms with Crippen LogP contribution in [-0.4, -0.2) is 45.1 Å². The molecule has 8 nitrogen and oxygen atoms in total. The van der Waals surface area contributed by atoms with Crippen LogP contribution >= 0.6 is 0 Å². The van der Waals surface area contributed by atoms with E-state index in [9.17, 15) is 9.59 Å². The topological polar surface area (TPSA) is 109 Å². The third-order valence-electron chi connectivity index (χ3n) is 3.41. The van der Waals surface area contributed by atoms with Gasteiger partial charge in [0, 0.05) is 18.7 Å². The van der Waals surface area contributed by atoms with Crippen molar-refractivity contribution in [1.29, 1.82) is 0 Å². The Bertz CT molecular complexity index is 714. The first kappa shape index (κ1) is 17.5. The number of nitrogens with zero attached hydrogens (tertiary/aromatic N) is 3. The standard InChI is InChI=1S/C16H20N4O4/c1-3-13-18-14(24-19-13)10-20(4-2)16(23)11-7-5-6-8-12(11)17-9-15(21)22/h5-8,17H,3-4,9-10H2,1-2H3,(H,21,22). The van der Waals surface area contributed by atoms with Crippen LogP contribution in [0.5, 0.6) is 0 Å². The second-order valence-corrected chi connectivity index (χ2v) is 5.07. The van der Waals surface area contributed by atoms with Crippen LogP contribution in [0.15, 0.2) is 28.8 Å². The number of aromatic nitrogens is 2. The number of benzene rings is 1. The molecular weight excluding hydrogens is 312 g/mol. The normalized spacial score (nSPS) is 10.4. The van der Waals surface area contributed by atoms with E-state index < -0.39 is 5.97 Å². The van der Waals surface area contributed by atoms with Crippen molar-refractivity contribution in [2.75, 3.05) is 18.4 Å². The summed E-state index contributed by atoms with van der Waals surface area (Å²) in [5.74, 6) is -0.264. The molecule has 0 saturated carbocycles. The lowest BCUT2D eigenvalue weighted by atomic mass is 10.1. The number of carbonyl (C=O) groups is 2. The van der Waals surface area contributed by atoms with Crippen molar-refractivity contribution in [3.8, 4) is 0 Å². The summed E-state index contributed by atoms with van der Waals surface area (Å²) in [7, 11) is 0. The van der Waals surface area contributed by atoms with E-state index >= 15 is 0 Å². The van der Waals surface area contributed by atoms with Crippen LogP contribution in [0.2, 0.25) is 0 Å². The summed E-state index contributed by atoms with van der Waals surface area (Å²) in [5, 5.41) is 15.4. The van der Waals surface area contributed by atoms with Gasteiger partial charge in [-0.15, -0.1) is 0 Å². The zero-order chi connectivity index (χ0) is 17.5. The van der Waals surface area contributed by atoms with E-state index in [1.807, 2.05) is 13.8 Å². The van der Waals surface area contributed by atoms with Gasteiger partial charge in [0.15, 0.2) is 5.82 Å². The molecule has 0 atom stereocenters. The van der Waals surface area contributed by atoms with Gasteiger partial charge in [0.1, 0.15) is 13.1 Å². The maximum Gasteiger partial charge on any atom is 0.322 e. The number of hydrogen-bond acceptors (Lipinski definition) is 6. The zero-order valence-corrected chi connectivity index (χ0v) is 13.7. The van der Waals surface area contributed by atoms with Crippen LogP contribution in [0.1, 0.15) is 35.9 Å². The Morgan fingerprint density at radius 3 is 2.67 bits per heavy atom. The minimum Gasteiger partial charge on any atom is -0.480 e. The summed E-state index contributed by atoms with van der Waals surface area (Å²) in [4.78, 5) is 29.3. The second-order valence-electron chi connectivity index (χ2n) is 5.07. The SMILES string of the molecule is CCc1noc(CN(CC)C(=O)c2ccccc2NCC(=O)O)n1. The van der Waals surface area contributed by atoms with E-state index in [-0.39, 0.29) is 19.0 Å². The first-order valence-electron chi connectivity index (χ1n) is 7.70. The lowest BCUT2D eigenvalue weighted by Gasteiger charge is -2.20. The highest BCUT2D eigenvalue weighted by molar-refractivity contribution is 5.99. The highest BCUT2D eigenvalue weighted by Gasteiger charge is 2.20. The van der Waals surface area contributed by atoms with E-state index in [2.05, 4.69) is 15.5 Å². The Labute approximate surface area is 139 Å². The average Bonchev–Trinajstić information content (AvgIpc) is 3.05. The van der Waals surface area contributed by atoms with Crippen LogP contribution in [0, 0.1) is 0 Å². The van der Waals surface area contributed by atoms with Crippen LogP contribution in [0.4, 0.5) is 5.69 Å². The Kier molecular flexibility index (Phi) is 5.89. The predicted molar refractivity (Wildman–Crippen MR) is 86.7 cm³/mol. The number of carbonyl (C=O) groups excluding carboxylic acids is 1. The molecule has 24 heavy (non-hydrogen) atoms. The van der Waals surface area contributed by atoms with Crippen LogP contribution in [-0.2, 0) is 17.8 Å². The Morgan fingerprint density at radius 2 is 2.04 bits per heavy atom. The van der Waals surface area contributed by atoms with Gasteiger partial charge in [0.2, 0.25) is 5.89 Å². The lowest BCUT2D eigenvalue weighted by molar-refractivity contribution is -0.134. The number of para-hydroxylation sites is 1. The fraction of sp³-hybridized carbons (Fsp3) is 0.375. The van der Waals surface area contributed by atoms with Crippen LogP contribution in [0.3, 0.4) is 0 Å². The van der Waals surface area contributed by atoms with E-state index in [1.165, 1.54) is 0 Å². The molecule has 128 valence electrons. The highest BCUT2D eigenvalue weighted by atomic mass is 16.5. The molecular formula is C16H20N4O4. The Morgan fingerprint density at radius 1 is 1.29 bits per heavy atom. The number of anilines is 1. The Hall–Kier alpha value is -2.90. The molecule has 0 unspecified atom stereocenters. The zero-order valence-electron chi connectivity index (χ0n) is 13.7. The van der Waals surface area contributed by atoms with Gasteiger partial charge in [-0.3, -0.25) is 9.59 Å². The van der Waals surface area contributed by atoms with Crippen molar-refractivity contribution in [3.63, 3.8) is 0 Å². The summed E-state index contributed by atoms with van der Waals surface area (Å²) in [5.41, 5.74) is 0.874. The molecule has 2 aromatic rings. The minimum atomic E-state index is -0.998. The molecule has 1 aromatic carbocycles. The molecule has 0 saturated heterocycles. The number of aliphatic carboxylic acids is 1. The fourth-order valence-electron chi connectivity index (χ4n) is 2.15. The van der Waals surface area contributed by atoms with E-state index in [0.29, 0.717) is 35.9 Å². The molecule has 2 N–H and O–H groups in total. The Balaban J connectivity index is 2.17. The number of aryl methyl sites for hydroxylation is 1. The van der Waals surface area contributed by atoms with Crippen molar-refractivity contribution >= 4 is 17.6 Å². The maximum atomic E-state index is 12.8. The third-order valence-corrected chi connectivity index (χ3v) is 3.41. The number of nitrogens with one attached hydrogen (secondary N) is 1. The molecule has 0 aliphatic carbocycles. The van der Waals surface area contributed by atoms with Crippen molar-refractivity contribution in [2.24, 2.45) is 0 Å². The van der Waals surface area contributed by atoms with Gasteiger partial charge in [-0.05, 0) is 19.1 Å². The number of carboxylic acids is 1. The van der Waals surface area contributed by atoms with Gasteiger partial charge in [-0.2, -0.15) is 4.98 Å². The van der Waals surface area contributed by atoms with Crippen molar-refractivity contribution in [2.45, 2.75) is 26.8 Å². The number of hydrogen-bond donors (Lipinski definition) is 2. The van der Waals surface area contributed by atoms with E-state index in [0.717, 1.165) is 0 Å². The molecule has 1 heterocycles. The minimum absolute atomic E-state index is 0.204. The van der Waals surface area contributed by atoms with Gasteiger partial charge in [-0.25, -0.2) is 0 Å². The molecule has 0 spiro atoms. The van der Waals surface area contributed by atoms with Gasteiger partial charge in [0.25, 0.3) is 5.91 Å². The number of carboxylic acid groups (broad SMARTS) is 1. The molecule has 0 aliphatic rings. The van der Waals surface area contributed by atoms with Crippen molar-refractivity contribution in [1.82, 2.24) is 15.0 Å². The summed E-state index contributed by atoms with van der Waals surface area (Å²) >= 11 is 0. The quantitative estimate of drug-likeness (QED) is 0.758. The molecule has 1 amide bonds. The number of amides is 1. The van der Waals surface area contributed by atoms with Gasteiger partial charge < -0.3 is 19.8 Å². The van der Waals surface area contributed by atoms with Crippen molar-refractivity contribution < 1.29 is 19.2 Å². The van der Waals surface area contributed by atoms with E-state index in [4.69, 9.17) is 9.63 Å². The summed E-state index contributed by atoms with van der Waals surface area (Å²) in [6.07, 6.45) is 0.658. The molecule has 1 aromatic heterocycles. The molecule has 0 aliphatic heterocycles. The van der Waals surface area contributed by atoms with Gasteiger partial charge in [-0.1, -0.05) is 24.2 Å². The molecule has 0 fully saturated rings. The summed E-state index contributed by atoms with van der Waals surface area (Å²) < 4.78 is 5.13. The van der Waals surface area contributed by atoms with E-state index in [1.54, 1.807) is 29.2 Å². The molecule has 0 bridgehead atoms. The predicted octanol–water partition coefficient (Wildman–Crippen LogP) is 1.79. The summed E-state index contributed by atoms with van der Waals surface area (Å²) in [6, 6.07) is 6.80. The van der Waals surface area contributed by atoms with Gasteiger partial charge in [0.05, 0.1) is 5.56 Å². The summed E-state index contributed by atoms with van der Waals surface area (Å²) in [6.45, 7) is 4.16. The largest absolute Gasteiger partial charge is 0.480 e. The second kappa shape index (κ2) is 8.09. The average molecular weight is 332 g/mol. The van der Waals surface area contributed by atoms with Crippen molar-refractivity contribution in [3.05, 3.63) is 41.5 Å². The molecule has 0 radical (unpaired) electrons.